The van der Waals surface area contributed by atoms with Crippen LogP contribution in [0.15, 0.2) is 12.1 Å². The van der Waals surface area contributed by atoms with Crippen LogP contribution in [0.2, 0.25) is 0 Å². The average Bonchev–Trinajstić information content (AvgIpc) is 2.32. The highest BCUT2D eigenvalue weighted by Crippen LogP contribution is 2.33. The van der Waals surface area contributed by atoms with Gasteiger partial charge in [-0.2, -0.15) is 0 Å². The highest BCUT2D eigenvalue weighted by Gasteiger charge is 2.33. The highest BCUT2D eigenvalue weighted by molar-refractivity contribution is 5.73. The molecule has 0 aliphatic carbocycles. The van der Waals surface area contributed by atoms with Crippen LogP contribution < -0.4 is 0 Å². The van der Waals surface area contributed by atoms with Crippen LogP contribution in [0.5, 0.6) is 0 Å². The molecule has 84 valence electrons. The summed E-state index contributed by atoms with van der Waals surface area (Å²) < 4.78 is 1.89. The fraction of sp³-hybridized carbons (Fsp3) is 0.583. The lowest BCUT2D eigenvalue weighted by molar-refractivity contribution is -0.144. The maximum Gasteiger partial charge on any atom is 0.327 e. The van der Waals surface area contributed by atoms with Gasteiger partial charge in [-0.15, -0.1) is 0 Å². The van der Waals surface area contributed by atoms with Crippen molar-refractivity contribution >= 4 is 5.97 Å². The number of nitrogens with zero attached hydrogens (tertiary/aromatic N) is 1. The van der Waals surface area contributed by atoms with Gasteiger partial charge in [0.15, 0.2) is 0 Å². The molecule has 1 atom stereocenters. The third-order valence-electron chi connectivity index (χ3n) is 2.64. The van der Waals surface area contributed by atoms with Crippen molar-refractivity contribution in [3.8, 4) is 0 Å². The summed E-state index contributed by atoms with van der Waals surface area (Å²) in [7, 11) is 0. The van der Waals surface area contributed by atoms with Crippen LogP contribution in [0.1, 0.15) is 38.2 Å². The van der Waals surface area contributed by atoms with Gasteiger partial charge < -0.3 is 9.67 Å². The lowest BCUT2D eigenvalue weighted by atomic mass is 9.86. The summed E-state index contributed by atoms with van der Waals surface area (Å²) in [6.07, 6.45) is 0. The van der Waals surface area contributed by atoms with Crippen LogP contribution >= 0.6 is 0 Å². The largest absolute Gasteiger partial charge is 0.480 e. The van der Waals surface area contributed by atoms with E-state index in [4.69, 9.17) is 0 Å². The fourth-order valence-corrected chi connectivity index (χ4v) is 1.96. The molecule has 0 radical (unpaired) electrons. The molecule has 0 amide bonds. The minimum Gasteiger partial charge on any atom is -0.480 e. The quantitative estimate of drug-likeness (QED) is 0.813. The van der Waals surface area contributed by atoms with Crippen molar-refractivity contribution in [3.63, 3.8) is 0 Å². The molecule has 1 N–H and O–H groups in total. The van der Waals surface area contributed by atoms with E-state index in [1.54, 1.807) is 0 Å². The standard InChI is InChI=1S/C12H19NO2/c1-8-6-7-9(2)13(8)10(11(14)15)12(3,4)5/h6-7,10H,1-5H3,(H,14,15). The Morgan fingerprint density at radius 1 is 1.27 bits per heavy atom. The van der Waals surface area contributed by atoms with Gasteiger partial charge in [0.05, 0.1) is 0 Å². The van der Waals surface area contributed by atoms with Crippen molar-refractivity contribution in [2.75, 3.05) is 0 Å². The van der Waals surface area contributed by atoms with E-state index in [2.05, 4.69) is 0 Å². The second-order valence-corrected chi connectivity index (χ2v) is 5.09. The van der Waals surface area contributed by atoms with Gasteiger partial charge in [-0.3, -0.25) is 0 Å². The minimum atomic E-state index is -0.773. The number of hydrogen-bond acceptors (Lipinski definition) is 1. The zero-order chi connectivity index (χ0) is 11.8. The molecule has 0 aromatic carbocycles. The Labute approximate surface area is 90.7 Å². The molecule has 1 rings (SSSR count). The molecule has 0 fully saturated rings. The van der Waals surface area contributed by atoms with Gasteiger partial charge in [0.2, 0.25) is 0 Å². The van der Waals surface area contributed by atoms with Gasteiger partial charge in [-0.25, -0.2) is 4.79 Å². The smallest absolute Gasteiger partial charge is 0.327 e. The van der Waals surface area contributed by atoms with Gasteiger partial charge >= 0.3 is 5.97 Å². The van der Waals surface area contributed by atoms with E-state index < -0.39 is 12.0 Å². The van der Waals surface area contributed by atoms with Crippen LogP contribution in [0.25, 0.3) is 0 Å². The van der Waals surface area contributed by atoms with Gasteiger partial charge in [0, 0.05) is 11.4 Å². The maximum absolute atomic E-state index is 11.3. The van der Waals surface area contributed by atoms with Gasteiger partial charge in [-0.1, -0.05) is 20.8 Å². The summed E-state index contributed by atoms with van der Waals surface area (Å²) in [5.41, 5.74) is 1.70. The van der Waals surface area contributed by atoms with Gasteiger partial charge in [-0.05, 0) is 31.4 Å². The summed E-state index contributed by atoms with van der Waals surface area (Å²) in [6, 6.07) is 3.40. The van der Waals surface area contributed by atoms with E-state index in [0.29, 0.717) is 0 Å². The van der Waals surface area contributed by atoms with Crippen molar-refractivity contribution in [1.29, 1.82) is 0 Å². The third kappa shape index (κ3) is 2.22. The van der Waals surface area contributed by atoms with E-state index in [-0.39, 0.29) is 5.41 Å². The number of aliphatic carboxylic acids is 1. The molecule has 0 spiro atoms. The molecule has 1 unspecified atom stereocenters. The normalized spacial score (nSPS) is 13.9. The second kappa shape index (κ2) is 3.72. The molecule has 0 aliphatic rings. The molecule has 1 aromatic rings. The van der Waals surface area contributed by atoms with Crippen molar-refractivity contribution in [2.45, 2.75) is 40.7 Å². The molecule has 1 aromatic heterocycles. The van der Waals surface area contributed by atoms with Gasteiger partial charge in [0.25, 0.3) is 0 Å². The SMILES string of the molecule is Cc1ccc(C)n1C(C(=O)O)C(C)(C)C. The molecule has 0 bridgehead atoms. The monoisotopic (exact) mass is 209 g/mol. The van der Waals surface area contributed by atoms with E-state index in [1.807, 2.05) is 51.3 Å². The number of hydrogen-bond donors (Lipinski definition) is 1. The first-order valence-electron chi connectivity index (χ1n) is 5.12. The van der Waals surface area contributed by atoms with Crippen LogP contribution in [0.4, 0.5) is 0 Å². The Hall–Kier alpha value is -1.25. The van der Waals surface area contributed by atoms with E-state index >= 15 is 0 Å². The molecule has 0 saturated carbocycles. The molecule has 3 nitrogen and oxygen atoms in total. The summed E-state index contributed by atoms with van der Waals surface area (Å²) >= 11 is 0. The molecule has 0 saturated heterocycles. The number of carbonyl (C=O) groups is 1. The van der Waals surface area contributed by atoms with Crippen molar-refractivity contribution < 1.29 is 9.90 Å². The second-order valence-electron chi connectivity index (χ2n) is 5.09. The molecule has 0 aliphatic heterocycles. The predicted molar refractivity (Wildman–Crippen MR) is 60.0 cm³/mol. The Kier molecular flexibility index (Phi) is 2.93. The Balaban J connectivity index is 3.28. The Morgan fingerprint density at radius 3 is 1.93 bits per heavy atom. The summed E-state index contributed by atoms with van der Waals surface area (Å²) in [4.78, 5) is 11.3. The first-order valence-corrected chi connectivity index (χ1v) is 5.12. The van der Waals surface area contributed by atoms with E-state index in [9.17, 15) is 9.90 Å². The number of carboxylic acids is 1. The lowest BCUT2D eigenvalue weighted by Crippen LogP contribution is -2.32. The summed E-state index contributed by atoms with van der Waals surface area (Å²) in [6.45, 7) is 9.73. The van der Waals surface area contributed by atoms with Gasteiger partial charge in [0.1, 0.15) is 6.04 Å². The zero-order valence-corrected chi connectivity index (χ0v) is 10.0. The zero-order valence-electron chi connectivity index (χ0n) is 10.0. The first-order chi connectivity index (χ1) is 6.75. The third-order valence-corrected chi connectivity index (χ3v) is 2.64. The van der Waals surface area contributed by atoms with E-state index in [1.165, 1.54) is 0 Å². The molecule has 15 heavy (non-hydrogen) atoms. The summed E-state index contributed by atoms with van der Waals surface area (Å²) in [5.74, 6) is -0.773. The molecular weight excluding hydrogens is 190 g/mol. The lowest BCUT2D eigenvalue weighted by Gasteiger charge is -2.30. The van der Waals surface area contributed by atoms with Crippen molar-refractivity contribution in [3.05, 3.63) is 23.5 Å². The van der Waals surface area contributed by atoms with Crippen LogP contribution in [0, 0.1) is 19.3 Å². The van der Waals surface area contributed by atoms with Crippen molar-refractivity contribution in [1.82, 2.24) is 4.57 Å². The van der Waals surface area contributed by atoms with Crippen LogP contribution in [-0.2, 0) is 4.79 Å². The predicted octanol–water partition coefficient (Wildman–Crippen LogP) is 2.78. The number of carboxylic acid groups (broad SMARTS) is 1. The summed E-state index contributed by atoms with van der Waals surface area (Å²) in [5, 5.41) is 9.31. The molecular formula is C12H19NO2. The molecule has 1 heterocycles. The number of aromatic nitrogens is 1. The minimum absolute atomic E-state index is 0.291. The van der Waals surface area contributed by atoms with Crippen LogP contribution in [-0.4, -0.2) is 15.6 Å². The number of rotatable bonds is 2. The maximum atomic E-state index is 11.3. The number of aryl methyl sites for hydroxylation is 2. The topological polar surface area (TPSA) is 42.2 Å². The Bertz CT molecular complexity index is 352. The fourth-order valence-electron chi connectivity index (χ4n) is 1.96. The van der Waals surface area contributed by atoms with E-state index in [0.717, 1.165) is 11.4 Å². The van der Waals surface area contributed by atoms with Crippen molar-refractivity contribution in [2.24, 2.45) is 5.41 Å². The van der Waals surface area contributed by atoms with Crippen LogP contribution in [0.3, 0.4) is 0 Å². The molecule has 3 heteroatoms. The Morgan fingerprint density at radius 2 is 1.67 bits per heavy atom. The highest BCUT2D eigenvalue weighted by atomic mass is 16.4. The average molecular weight is 209 g/mol. The first kappa shape index (κ1) is 11.8.